The van der Waals surface area contributed by atoms with Gasteiger partial charge in [-0.2, -0.15) is 5.26 Å². The summed E-state index contributed by atoms with van der Waals surface area (Å²) in [6, 6.07) is 13.3. The molecule has 7 heteroatoms. The molecule has 0 atom stereocenters. The zero-order valence-corrected chi connectivity index (χ0v) is 14.8. The van der Waals surface area contributed by atoms with Crippen LogP contribution >= 0.6 is 12.4 Å². The van der Waals surface area contributed by atoms with Gasteiger partial charge in [-0.05, 0) is 24.3 Å². The molecule has 0 amide bonds. The fraction of sp³-hybridized carbons (Fsp3) is 0.167. The van der Waals surface area contributed by atoms with Gasteiger partial charge in [-0.25, -0.2) is 8.42 Å². The first-order chi connectivity index (χ1) is 11.6. The van der Waals surface area contributed by atoms with Crippen LogP contribution in [0.25, 0.3) is 11.0 Å². The fourth-order valence-electron chi connectivity index (χ4n) is 3.06. The van der Waals surface area contributed by atoms with Gasteiger partial charge in [-0.3, -0.25) is 0 Å². The largest absolute Gasteiger partial charge is 0.459 e. The van der Waals surface area contributed by atoms with E-state index in [4.69, 9.17) is 4.42 Å². The van der Waals surface area contributed by atoms with Gasteiger partial charge in [0.2, 0.25) is 9.84 Å². The Morgan fingerprint density at radius 1 is 1.12 bits per heavy atom. The molecule has 1 aromatic heterocycles. The topological polar surface area (TPSA) is 83.1 Å². The molecule has 0 radical (unpaired) electrons. The highest BCUT2D eigenvalue weighted by Gasteiger charge is 2.24. The second kappa shape index (κ2) is 6.52. The molecule has 25 heavy (non-hydrogen) atoms. The van der Waals surface area contributed by atoms with E-state index in [1.807, 2.05) is 0 Å². The second-order valence-corrected chi connectivity index (χ2v) is 7.66. The van der Waals surface area contributed by atoms with E-state index in [1.54, 1.807) is 36.4 Å². The first kappa shape index (κ1) is 17.5. The lowest BCUT2D eigenvalue weighted by molar-refractivity contribution is 0.500. The van der Waals surface area contributed by atoms with Gasteiger partial charge in [0.1, 0.15) is 11.8 Å². The first-order valence-electron chi connectivity index (χ1n) is 7.60. The average Bonchev–Trinajstić information content (AvgIpc) is 3.00. The SMILES string of the molecule is Cl.N#Cc1cc(S(=O)(=O)c2ccccc2)cc2c3c(oc12)CCNC3. The number of sulfone groups is 1. The summed E-state index contributed by atoms with van der Waals surface area (Å²) in [6.07, 6.45) is 0.732. The van der Waals surface area contributed by atoms with Crippen LogP contribution in [0.15, 0.2) is 56.7 Å². The summed E-state index contributed by atoms with van der Waals surface area (Å²) >= 11 is 0. The summed E-state index contributed by atoms with van der Waals surface area (Å²) in [5.41, 5.74) is 1.66. The Morgan fingerprint density at radius 2 is 1.88 bits per heavy atom. The Hall–Kier alpha value is -2.33. The van der Waals surface area contributed by atoms with E-state index in [0.717, 1.165) is 24.3 Å². The monoisotopic (exact) mass is 374 g/mol. The predicted molar refractivity (Wildman–Crippen MR) is 95.5 cm³/mol. The predicted octanol–water partition coefficient (Wildman–Crippen LogP) is 3.20. The van der Waals surface area contributed by atoms with Crippen molar-refractivity contribution >= 4 is 33.2 Å². The fourth-order valence-corrected chi connectivity index (χ4v) is 4.39. The summed E-state index contributed by atoms with van der Waals surface area (Å²) in [6.45, 7) is 1.42. The van der Waals surface area contributed by atoms with Crippen LogP contribution in [0.5, 0.6) is 0 Å². The molecule has 5 nitrogen and oxygen atoms in total. The van der Waals surface area contributed by atoms with Gasteiger partial charge in [0.15, 0.2) is 5.58 Å². The molecule has 4 rings (SSSR count). The molecule has 3 aromatic rings. The van der Waals surface area contributed by atoms with E-state index in [2.05, 4.69) is 11.4 Å². The molecular formula is C18H15ClN2O3S. The number of nitrogens with one attached hydrogen (secondary N) is 1. The van der Waals surface area contributed by atoms with Crippen molar-refractivity contribution in [1.82, 2.24) is 5.32 Å². The minimum atomic E-state index is -3.68. The van der Waals surface area contributed by atoms with Crippen LogP contribution in [0, 0.1) is 11.3 Å². The van der Waals surface area contributed by atoms with Crippen molar-refractivity contribution in [1.29, 1.82) is 5.26 Å². The van der Waals surface area contributed by atoms with Gasteiger partial charge >= 0.3 is 0 Å². The molecule has 128 valence electrons. The third-order valence-corrected chi connectivity index (χ3v) is 6.01. The highest BCUT2D eigenvalue weighted by Crippen LogP contribution is 2.34. The van der Waals surface area contributed by atoms with Crippen molar-refractivity contribution in [3.8, 4) is 6.07 Å². The normalized spacial score (nSPS) is 13.7. The van der Waals surface area contributed by atoms with Gasteiger partial charge in [0.25, 0.3) is 0 Å². The van der Waals surface area contributed by atoms with Crippen LogP contribution in [0.2, 0.25) is 0 Å². The maximum atomic E-state index is 12.9. The van der Waals surface area contributed by atoms with Crippen LogP contribution < -0.4 is 5.32 Å². The van der Waals surface area contributed by atoms with Gasteiger partial charge in [0, 0.05) is 30.5 Å². The number of fused-ring (bicyclic) bond motifs is 3. The lowest BCUT2D eigenvalue weighted by atomic mass is 10.0. The van der Waals surface area contributed by atoms with Gasteiger partial charge in [0.05, 0.1) is 15.4 Å². The van der Waals surface area contributed by atoms with E-state index in [0.29, 0.717) is 17.5 Å². The van der Waals surface area contributed by atoms with E-state index in [9.17, 15) is 13.7 Å². The maximum Gasteiger partial charge on any atom is 0.206 e. The van der Waals surface area contributed by atoms with E-state index in [-0.39, 0.29) is 27.8 Å². The molecule has 2 aromatic carbocycles. The smallest absolute Gasteiger partial charge is 0.206 e. The maximum absolute atomic E-state index is 12.9. The highest BCUT2D eigenvalue weighted by molar-refractivity contribution is 7.91. The number of rotatable bonds is 2. The Kier molecular flexibility index (Phi) is 4.56. The average molecular weight is 375 g/mol. The summed E-state index contributed by atoms with van der Waals surface area (Å²) in [5.74, 6) is 0.828. The molecule has 0 unspecified atom stereocenters. The molecule has 0 aliphatic carbocycles. The number of hydrogen-bond acceptors (Lipinski definition) is 5. The second-order valence-electron chi connectivity index (χ2n) is 5.71. The number of nitrogens with zero attached hydrogens (tertiary/aromatic N) is 1. The van der Waals surface area contributed by atoms with Crippen molar-refractivity contribution in [3.63, 3.8) is 0 Å². The van der Waals surface area contributed by atoms with Crippen molar-refractivity contribution < 1.29 is 12.8 Å². The third kappa shape index (κ3) is 2.81. The van der Waals surface area contributed by atoms with Crippen molar-refractivity contribution in [2.75, 3.05) is 6.54 Å². The number of hydrogen-bond donors (Lipinski definition) is 1. The van der Waals surface area contributed by atoms with E-state index >= 15 is 0 Å². The third-order valence-electron chi connectivity index (χ3n) is 4.26. The molecular weight excluding hydrogens is 360 g/mol. The van der Waals surface area contributed by atoms with Gasteiger partial charge in [-0.1, -0.05) is 18.2 Å². The van der Waals surface area contributed by atoms with Crippen LogP contribution in [-0.4, -0.2) is 15.0 Å². The van der Waals surface area contributed by atoms with Crippen LogP contribution in [0.3, 0.4) is 0 Å². The summed E-state index contributed by atoms with van der Waals surface area (Å²) in [7, 11) is -3.68. The minimum Gasteiger partial charge on any atom is -0.459 e. The van der Waals surface area contributed by atoms with Crippen LogP contribution in [0.4, 0.5) is 0 Å². The van der Waals surface area contributed by atoms with Gasteiger partial charge < -0.3 is 9.73 Å². The summed E-state index contributed by atoms with van der Waals surface area (Å²) < 4.78 is 31.6. The van der Waals surface area contributed by atoms with Crippen molar-refractivity contribution in [2.45, 2.75) is 22.8 Å². The van der Waals surface area contributed by atoms with Crippen molar-refractivity contribution in [3.05, 3.63) is 59.4 Å². The van der Waals surface area contributed by atoms with E-state index < -0.39 is 9.84 Å². The quantitative estimate of drug-likeness (QED) is 0.744. The van der Waals surface area contributed by atoms with Crippen LogP contribution in [0.1, 0.15) is 16.9 Å². The van der Waals surface area contributed by atoms with E-state index in [1.165, 1.54) is 6.07 Å². The zero-order chi connectivity index (χ0) is 16.7. The first-order valence-corrected chi connectivity index (χ1v) is 9.09. The van der Waals surface area contributed by atoms with Gasteiger partial charge in [-0.15, -0.1) is 12.4 Å². The Balaban J connectivity index is 0.00000182. The number of halogens is 1. The Bertz CT molecular complexity index is 1080. The number of benzene rings is 2. The number of furan rings is 1. The molecule has 0 saturated carbocycles. The molecule has 0 saturated heterocycles. The zero-order valence-electron chi connectivity index (χ0n) is 13.2. The Morgan fingerprint density at radius 3 is 2.60 bits per heavy atom. The molecule has 1 aliphatic rings. The minimum absolute atomic E-state index is 0. The molecule has 1 aliphatic heterocycles. The standard InChI is InChI=1S/C18H14N2O3S.ClH/c19-10-12-8-14(24(21,22)13-4-2-1-3-5-13)9-15-16-11-20-7-6-17(16)23-18(12)15;/h1-5,8-9,20H,6-7,11H2;1H. The van der Waals surface area contributed by atoms with Crippen LogP contribution in [-0.2, 0) is 22.8 Å². The molecule has 0 spiro atoms. The Labute approximate surface area is 151 Å². The molecule has 0 fully saturated rings. The number of nitriles is 1. The summed E-state index contributed by atoms with van der Waals surface area (Å²) in [4.78, 5) is 0.329. The molecule has 1 N–H and O–H groups in total. The summed E-state index contributed by atoms with van der Waals surface area (Å²) in [5, 5.41) is 13.4. The lowest BCUT2D eigenvalue weighted by Crippen LogP contribution is -2.22. The lowest BCUT2D eigenvalue weighted by Gasteiger charge is -2.11. The molecule has 0 bridgehead atoms. The molecule has 2 heterocycles. The highest BCUT2D eigenvalue weighted by atomic mass is 35.5. The van der Waals surface area contributed by atoms with Crippen molar-refractivity contribution in [2.24, 2.45) is 0 Å².